The summed E-state index contributed by atoms with van der Waals surface area (Å²) < 4.78 is 17.0. The zero-order valence-electron chi connectivity index (χ0n) is 22.8. The minimum Gasteiger partial charge on any atom is -0.469 e. The van der Waals surface area contributed by atoms with Gasteiger partial charge in [0.2, 0.25) is 0 Å². The average Bonchev–Trinajstić information content (AvgIpc) is 2.98. The van der Waals surface area contributed by atoms with Crippen molar-refractivity contribution in [2.75, 3.05) is 21.2 Å². The number of halogens is 1. The molecule has 0 bridgehead atoms. The van der Waals surface area contributed by atoms with Gasteiger partial charge in [-0.25, -0.2) is 4.79 Å². The molecule has 0 aliphatic heterocycles. The summed E-state index contributed by atoms with van der Waals surface area (Å²) in [6.07, 6.45) is -0.726. The van der Waals surface area contributed by atoms with E-state index in [0.29, 0.717) is 15.8 Å². The van der Waals surface area contributed by atoms with Gasteiger partial charge in [-0.2, -0.15) is 0 Å². The molecule has 0 saturated heterocycles. The Morgan fingerprint density at radius 2 is 1.54 bits per heavy atom. The fourth-order valence-corrected chi connectivity index (χ4v) is 4.36. The van der Waals surface area contributed by atoms with Crippen LogP contribution in [0.15, 0.2) is 102 Å². The Kier molecular flexibility index (Phi) is 9.76. The smallest absolute Gasteiger partial charge is 0.414 e. The lowest BCUT2D eigenvalue weighted by Crippen LogP contribution is -2.32. The fourth-order valence-electron chi connectivity index (χ4n) is 4.00. The quantitative estimate of drug-likeness (QED) is 0.203. The van der Waals surface area contributed by atoms with Crippen molar-refractivity contribution in [3.63, 3.8) is 0 Å². The minimum atomic E-state index is -0.712. The van der Waals surface area contributed by atoms with Gasteiger partial charge in [-0.15, -0.1) is 0 Å². The first-order valence-electron chi connectivity index (χ1n) is 12.7. The molecule has 1 atom stereocenters. The summed E-state index contributed by atoms with van der Waals surface area (Å²) in [7, 11) is 4.38. The number of nitrogens with one attached hydrogen (secondary N) is 1. The molecule has 210 valence electrons. The Morgan fingerprint density at radius 3 is 2.22 bits per heavy atom. The topological polar surface area (TPSA) is 94.2 Å². The third-order valence-corrected chi connectivity index (χ3v) is 6.63. The van der Waals surface area contributed by atoms with Crippen LogP contribution >= 0.6 is 15.9 Å². The van der Waals surface area contributed by atoms with E-state index in [2.05, 4.69) is 21.2 Å². The molecule has 9 heteroatoms. The van der Waals surface area contributed by atoms with Crippen molar-refractivity contribution in [3.8, 4) is 28.4 Å². The van der Waals surface area contributed by atoms with Gasteiger partial charge in [0.15, 0.2) is 0 Å². The standard InChI is InChI=1S/C32H29BrN2O6/c1-35(2)32(38)41-29-18-17-23(33)19-26(29)31(37)34-27(20-30(36)39-3)22-15-13-21(14-16-22)25-11-7-8-12-28(25)40-24-9-5-4-6-10-24/h4-19,27H,20H2,1-3H3,(H,34,37). The Balaban J connectivity index is 1.60. The van der Waals surface area contributed by atoms with Crippen LogP contribution in [0.5, 0.6) is 17.2 Å². The Labute approximate surface area is 247 Å². The van der Waals surface area contributed by atoms with Crippen molar-refractivity contribution in [1.82, 2.24) is 10.2 Å². The fraction of sp³-hybridized carbons (Fsp3) is 0.156. The van der Waals surface area contributed by atoms with Crippen LogP contribution in [0.4, 0.5) is 4.79 Å². The maximum absolute atomic E-state index is 13.4. The number of carbonyl (C=O) groups is 3. The molecule has 0 aromatic heterocycles. The number of carbonyl (C=O) groups excluding carboxylic acids is 3. The van der Waals surface area contributed by atoms with Gasteiger partial charge in [-0.1, -0.05) is 76.6 Å². The maximum atomic E-state index is 13.4. The predicted molar refractivity (Wildman–Crippen MR) is 159 cm³/mol. The summed E-state index contributed by atoms with van der Waals surface area (Å²) in [4.78, 5) is 39.1. The van der Waals surface area contributed by atoms with Crippen molar-refractivity contribution in [3.05, 3.63) is 113 Å². The highest BCUT2D eigenvalue weighted by atomic mass is 79.9. The van der Waals surface area contributed by atoms with E-state index in [4.69, 9.17) is 14.2 Å². The number of benzene rings is 4. The molecule has 0 aliphatic carbocycles. The van der Waals surface area contributed by atoms with Gasteiger partial charge in [-0.3, -0.25) is 9.59 Å². The highest BCUT2D eigenvalue weighted by Gasteiger charge is 2.23. The lowest BCUT2D eigenvalue weighted by Gasteiger charge is -2.20. The molecule has 41 heavy (non-hydrogen) atoms. The van der Waals surface area contributed by atoms with Crippen molar-refractivity contribution in [2.45, 2.75) is 12.5 Å². The van der Waals surface area contributed by atoms with E-state index in [1.807, 2.05) is 78.9 Å². The molecule has 8 nitrogen and oxygen atoms in total. The lowest BCUT2D eigenvalue weighted by atomic mass is 9.98. The van der Waals surface area contributed by atoms with Crippen molar-refractivity contribution in [1.29, 1.82) is 0 Å². The summed E-state index contributed by atoms with van der Waals surface area (Å²) in [5.74, 6) is 0.495. The zero-order valence-corrected chi connectivity index (χ0v) is 24.4. The molecule has 0 radical (unpaired) electrons. The van der Waals surface area contributed by atoms with Gasteiger partial charge < -0.3 is 24.4 Å². The van der Waals surface area contributed by atoms with Gasteiger partial charge in [-0.05, 0) is 47.5 Å². The van der Waals surface area contributed by atoms with E-state index in [9.17, 15) is 14.4 Å². The number of ether oxygens (including phenoxy) is 3. The van der Waals surface area contributed by atoms with E-state index in [0.717, 1.165) is 16.9 Å². The van der Waals surface area contributed by atoms with Gasteiger partial charge >= 0.3 is 12.1 Å². The van der Waals surface area contributed by atoms with Crippen molar-refractivity contribution in [2.24, 2.45) is 0 Å². The zero-order chi connectivity index (χ0) is 29.4. The van der Waals surface area contributed by atoms with Crippen LogP contribution in [0.2, 0.25) is 0 Å². The second-order valence-electron chi connectivity index (χ2n) is 9.24. The highest BCUT2D eigenvalue weighted by Crippen LogP contribution is 2.34. The SMILES string of the molecule is COC(=O)CC(NC(=O)c1cc(Br)ccc1OC(=O)N(C)C)c1ccc(-c2ccccc2Oc2ccccc2)cc1. The Bertz CT molecular complexity index is 1520. The van der Waals surface area contributed by atoms with E-state index in [1.54, 1.807) is 26.2 Å². The first-order valence-corrected chi connectivity index (χ1v) is 13.5. The summed E-state index contributed by atoms with van der Waals surface area (Å²) in [6.45, 7) is 0. The maximum Gasteiger partial charge on any atom is 0.414 e. The third-order valence-electron chi connectivity index (χ3n) is 6.13. The van der Waals surface area contributed by atoms with Gasteiger partial charge in [0, 0.05) is 24.1 Å². The lowest BCUT2D eigenvalue weighted by molar-refractivity contribution is -0.141. The van der Waals surface area contributed by atoms with E-state index < -0.39 is 24.0 Å². The van der Waals surface area contributed by atoms with Crippen molar-refractivity contribution < 1.29 is 28.6 Å². The summed E-state index contributed by atoms with van der Waals surface area (Å²) in [5.41, 5.74) is 2.61. The molecule has 0 fully saturated rings. The monoisotopic (exact) mass is 616 g/mol. The molecular weight excluding hydrogens is 588 g/mol. The largest absolute Gasteiger partial charge is 0.469 e. The molecule has 4 rings (SSSR count). The van der Waals surface area contributed by atoms with Crippen LogP contribution in [0.25, 0.3) is 11.1 Å². The molecule has 0 saturated carbocycles. The molecule has 4 aromatic carbocycles. The normalized spacial score (nSPS) is 11.2. The minimum absolute atomic E-state index is 0.0894. The molecule has 1 unspecified atom stereocenters. The molecule has 0 heterocycles. The number of esters is 1. The number of nitrogens with zero attached hydrogens (tertiary/aromatic N) is 1. The average molecular weight is 617 g/mol. The van der Waals surface area contributed by atoms with E-state index in [1.165, 1.54) is 18.1 Å². The summed E-state index contributed by atoms with van der Waals surface area (Å²) >= 11 is 3.36. The molecule has 1 N–H and O–H groups in total. The third kappa shape index (κ3) is 7.73. The van der Waals surface area contributed by atoms with Gasteiger partial charge in [0.05, 0.1) is 25.1 Å². The number of methoxy groups -OCH3 is 1. The second kappa shape index (κ2) is 13.6. The number of amides is 2. The predicted octanol–water partition coefficient (Wildman–Crippen LogP) is 7.00. The van der Waals surface area contributed by atoms with E-state index >= 15 is 0 Å². The van der Waals surface area contributed by atoms with Gasteiger partial charge in [0.25, 0.3) is 5.91 Å². The summed E-state index contributed by atoms with van der Waals surface area (Å²) in [5, 5.41) is 2.90. The van der Waals surface area contributed by atoms with E-state index in [-0.39, 0.29) is 17.7 Å². The van der Waals surface area contributed by atoms with Crippen LogP contribution in [-0.2, 0) is 9.53 Å². The van der Waals surface area contributed by atoms with Crippen LogP contribution in [0.3, 0.4) is 0 Å². The second-order valence-corrected chi connectivity index (χ2v) is 10.2. The molecular formula is C32H29BrN2O6. The highest BCUT2D eigenvalue weighted by molar-refractivity contribution is 9.10. The molecule has 4 aromatic rings. The van der Waals surface area contributed by atoms with Crippen LogP contribution < -0.4 is 14.8 Å². The Hall–Kier alpha value is -4.63. The number of hydrogen-bond acceptors (Lipinski definition) is 6. The number of rotatable bonds is 9. The van der Waals surface area contributed by atoms with Crippen LogP contribution in [-0.4, -0.2) is 44.1 Å². The molecule has 0 spiro atoms. The van der Waals surface area contributed by atoms with Crippen LogP contribution in [0.1, 0.15) is 28.4 Å². The first-order chi connectivity index (χ1) is 19.7. The van der Waals surface area contributed by atoms with Gasteiger partial charge in [0.1, 0.15) is 17.2 Å². The molecule has 0 aliphatic rings. The Morgan fingerprint density at radius 1 is 0.854 bits per heavy atom. The first kappa shape index (κ1) is 29.4. The molecule has 2 amide bonds. The number of hydrogen-bond donors (Lipinski definition) is 1. The number of para-hydroxylation sites is 2. The summed E-state index contributed by atoms with van der Waals surface area (Å²) in [6, 6.07) is 28.7. The van der Waals surface area contributed by atoms with Crippen LogP contribution in [0, 0.1) is 0 Å². The van der Waals surface area contributed by atoms with Crippen molar-refractivity contribution >= 4 is 33.9 Å².